The Morgan fingerprint density at radius 2 is 2.13 bits per heavy atom. The highest BCUT2D eigenvalue weighted by Crippen LogP contribution is 2.13. The highest BCUT2D eigenvalue weighted by Gasteiger charge is 2.19. The molecule has 124 valence electrons. The minimum atomic E-state index is -0.231. The second-order valence-corrected chi connectivity index (χ2v) is 5.73. The molecular formula is C15H21N5O3. The van der Waals surface area contributed by atoms with Gasteiger partial charge in [0.2, 0.25) is 6.41 Å². The monoisotopic (exact) mass is 319 g/mol. The van der Waals surface area contributed by atoms with Crippen molar-refractivity contribution in [2.24, 2.45) is 0 Å². The third-order valence-electron chi connectivity index (χ3n) is 4.17. The Hall–Kier alpha value is -2.22. The molecular weight excluding hydrogens is 298 g/mol. The molecule has 1 unspecified atom stereocenters. The molecule has 3 heterocycles. The van der Waals surface area contributed by atoms with Gasteiger partial charge in [0.05, 0.1) is 18.5 Å². The van der Waals surface area contributed by atoms with Gasteiger partial charge in [0.1, 0.15) is 11.5 Å². The maximum Gasteiger partial charge on any atom is 0.271 e. The second kappa shape index (κ2) is 7.36. The van der Waals surface area contributed by atoms with Crippen LogP contribution in [0.1, 0.15) is 23.3 Å². The number of ether oxygens (including phenoxy) is 1. The number of amides is 2. The third-order valence-corrected chi connectivity index (χ3v) is 4.17. The van der Waals surface area contributed by atoms with Gasteiger partial charge in [-0.25, -0.2) is 9.97 Å². The van der Waals surface area contributed by atoms with Crippen molar-refractivity contribution in [1.82, 2.24) is 20.2 Å². The Bertz CT molecular complexity index is 537. The van der Waals surface area contributed by atoms with Crippen LogP contribution in [0.4, 0.5) is 5.82 Å². The molecule has 0 aliphatic carbocycles. The lowest BCUT2D eigenvalue weighted by Gasteiger charge is -2.33. The summed E-state index contributed by atoms with van der Waals surface area (Å²) in [6.07, 6.45) is 6.11. The molecule has 8 nitrogen and oxygen atoms in total. The number of aromatic nitrogens is 2. The van der Waals surface area contributed by atoms with Crippen molar-refractivity contribution < 1.29 is 14.3 Å². The van der Waals surface area contributed by atoms with E-state index >= 15 is 0 Å². The Morgan fingerprint density at radius 1 is 1.30 bits per heavy atom. The first-order valence-corrected chi connectivity index (χ1v) is 7.92. The van der Waals surface area contributed by atoms with Crippen molar-refractivity contribution in [2.75, 3.05) is 44.2 Å². The molecule has 0 aromatic carbocycles. The predicted molar refractivity (Wildman–Crippen MR) is 83.2 cm³/mol. The fourth-order valence-corrected chi connectivity index (χ4v) is 2.76. The van der Waals surface area contributed by atoms with Crippen LogP contribution in [-0.2, 0) is 9.53 Å². The molecule has 2 saturated heterocycles. The number of rotatable bonds is 5. The summed E-state index contributed by atoms with van der Waals surface area (Å²) in [7, 11) is 0. The van der Waals surface area contributed by atoms with E-state index in [1.165, 1.54) is 6.20 Å². The fourth-order valence-electron chi connectivity index (χ4n) is 2.76. The minimum absolute atomic E-state index is 0.111. The lowest BCUT2D eigenvalue weighted by atomic mass is 10.2. The van der Waals surface area contributed by atoms with E-state index in [9.17, 15) is 9.59 Å². The summed E-state index contributed by atoms with van der Waals surface area (Å²) in [5.74, 6) is 0.497. The van der Waals surface area contributed by atoms with Crippen LogP contribution in [0.2, 0.25) is 0 Å². The molecule has 1 atom stereocenters. The average molecular weight is 319 g/mol. The van der Waals surface area contributed by atoms with Crippen molar-refractivity contribution in [2.45, 2.75) is 18.9 Å². The smallest absolute Gasteiger partial charge is 0.271 e. The standard InChI is InChI=1S/C15H21N5O3/c21-11-19-3-5-20(6-4-19)14-10-16-13(9-17-14)15(22)18-8-12-2-1-7-23-12/h9-12H,1-8H2,(H,18,22). The Balaban J connectivity index is 1.52. The fraction of sp³-hybridized carbons (Fsp3) is 0.600. The van der Waals surface area contributed by atoms with Crippen molar-refractivity contribution in [1.29, 1.82) is 0 Å². The van der Waals surface area contributed by atoms with Gasteiger partial charge >= 0.3 is 0 Å². The highest BCUT2D eigenvalue weighted by atomic mass is 16.5. The number of carbonyl (C=O) groups is 2. The number of hydrogen-bond donors (Lipinski definition) is 1. The number of nitrogens with zero attached hydrogens (tertiary/aromatic N) is 4. The number of anilines is 1. The van der Waals surface area contributed by atoms with Gasteiger partial charge < -0.3 is 19.9 Å². The summed E-state index contributed by atoms with van der Waals surface area (Å²) >= 11 is 0. The second-order valence-electron chi connectivity index (χ2n) is 5.73. The van der Waals surface area contributed by atoms with Crippen molar-refractivity contribution in [3.8, 4) is 0 Å². The van der Waals surface area contributed by atoms with E-state index in [-0.39, 0.29) is 12.0 Å². The van der Waals surface area contributed by atoms with Crippen LogP contribution in [0, 0.1) is 0 Å². The van der Waals surface area contributed by atoms with E-state index in [0.29, 0.717) is 25.3 Å². The Kier molecular flexibility index (Phi) is 5.02. The van der Waals surface area contributed by atoms with E-state index in [4.69, 9.17) is 4.74 Å². The molecule has 1 aromatic heterocycles. The van der Waals surface area contributed by atoms with Gasteiger partial charge in [-0.1, -0.05) is 0 Å². The summed E-state index contributed by atoms with van der Waals surface area (Å²) in [4.78, 5) is 35.1. The first-order valence-electron chi connectivity index (χ1n) is 7.92. The van der Waals surface area contributed by atoms with Crippen LogP contribution in [0.5, 0.6) is 0 Å². The van der Waals surface area contributed by atoms with Gasteiger partial charge in [-0.3, -0.25) is 9.59 Å². The first kappa shape index (κ1) is 15.7. The topological polar surface area (TPSA) is 87.7 Å². The van der Waals surface area contributed by atoms with E-state index in [0.717, 1.165) is 44.8 Å². The molecule has 2 aliphatic heterocycles. The summed E-state index contributed by atoms with van der Waals surface area (Å²) in [5.41, 5.74) is 0.304. The Morgan fingerprint density at radius 3 is 2.74 bits per heavy atom. The molecule has 1 aromatic rings. The predicted octanol–water partition coefficient (Wildman–Crippen LogP) is -0.336. The number of hydrogen-bond acceptors (Lipinski definition) is 6. The summed E-state index contributed by atoms with van der Waals surface area (Å²) < 4.78 is 5.47. The van der Waals surface area contributed by atoms with Crippen LogP contribution >= 0.6 is 0 Å². The van der Waals surface area contributed by atoms with E-state index < -0.39 is 0 Å². The molecule has 0 bridgehead atoms. The summed E-state index contributed by atoms with van der Waals surface area (Å²) in [5, 5.41) is 2.83. The normalized spacial score (nSPS) is 21.3. The molecule has 1 N–H and O–H groups in total. The third kappa shape index (κ3) is 3.95. The SMILES string of the molecule is O=CN1CCN(c2cnc(C(=O)NCC3CCCO3)cn2)CC1. The highest BCUT2D eigenvalue weighted by molar-refractivity contribution is 5.92. The average Bonchev–Trinajstić information content (AvgIpc) is 3.13. The molecule has 23 heavy (non-hydrogen) atoms. The minimum Gasteiger partial charge on any atom is -0.376 e. The molecule has 0 spiro atoms. The van der Waals surface area contributed by atoms with Crippen molar-refractivity contribution in [3.05, 3.63) is 18.1 Å². The van der Waals surface area contributed by atoms with Crippen LogP contribution < -0.4 is 10.2 Å². The first-order chi connectivity index (χ1) is 11.3. The van der Waals surface area contributed by atoms with Crippen molar-refractivity contribution in [3.63, 3.8) is 0 Å². The van der Waals surface area contributed by atoms with Gasteiger partial charge in [0.15, 0.2) is 0 Å². The van der Waals surface area contributed by atoms with E-state index in [2.05, 4.69) is 20.2 Å². The lowest BCUT2D eigenvalue weighted by Crippen LogP contribution is -2.46. The molecule has 3 rings (SSSR count). The van der Waals surface area contributed by atoms with Crippen LogP contribution in [0.3, 0.4) is 0 Å². The number of nitrogens with one attached hydrogen (secondary N) is 1. The maximum atomic E-state index is 12.0. The van der Waals surface area contributed by atoms with Crippen LogP contribution in [-0.4, -0.2) is 72.6 Å². The van der Waals surface area contributed by atoms with Crippen LogP contribution in [0.25, 0.3) is 0 Å². The summed E-state index contributed by atoms with van der Waals surface area (Å²) in [6, 6.07) is 0. The molecule has 0 saturated carbocycles. The maximum absolute atomic E-state index is 12.0. The molecule has 0 radical (unpaired) electrons. The van der Waals surface area contributed by atoms with Gasteiger partial charge in [0.25, 0.3) is 5.91 Å². The zero-order valence-electron chi connectivity index (χ0n) is 13.0. The largest absolute Gasteiger partial charge is 0.376 e. The van der Waals surface area contributed by atoms with Gasteiger partial charge in [0, 0.05) is 39.3 Å². The van der Waals surface area contributed by atoms with Crippen molar-refractivity contribution >= 4 is 18.1 Å². The zero-order valence-corrected chi connectivity index (χ0v) is 13.0. The quantitative estimate of drug-likeness (QED) is 0.747. The lowest BCUT2D eigenvalue weighted by molar-refractivity contribution is -0.118. The Labute approximate surface area is 134 Å². The zero-order chi connectivity index (χ0) is 16.1. The molecule has 8 heteroatoms. The van der Waals surface area contributed by atoms with E-state index in [1.807, 2.05) is 0 Å². The van der Waals surface area contributed by atoms with Gasteiger partial charge in [-0.05, 0) is 12.8 Å². The molecule has 2 fully saturated rings. The molecule has 2 amide bonds. The van der Waals surface area contributed by atoms with E-state index in [1.54, 1.807) is 11.1 Å². The van der Waals surface area contributed by atoms with Gasteiger partial charge in [-0.2, -0.15) is 0 Å². The molecule has 2 aliphatic rings. The summed E-state index contributed by atoms with van der Waals surface area (Å²) in [6.45, 7) is 4.07. The van der Waals surface area contributed by atoms with Crippen LogP contribution in [0.15, 0.2) is 12.4 Å². The van der Waals surface area contributed by atoms with Gasteiger partial charge in [-0.15, -0.1) is 0 Å². The number of carbonyl (C=O) groups excluding carboxylic acids is 2. The number of piperazine rings is 1.